The molecule has 1 amide bonds. The van der Waals surface area contributed by atoms with E-state index in [0.717, 1.165) is 22.4 Å². The van der Waals surface area contributed by atoms with Gasteiger partial charge < -0.3 is 10.6 Å². The van der Waals surface area contributed by atoms with Gasteiger partial charge in [0, 0.05) is 19.8 Å². The number of amides is 1. The van der Waals surface area contributed by atoms with E-state index in [1.807, 2.05) is 26.0 Å². The minimum atomic E-state index is 0.113. The van der Waals surface area contributed by atoms with Crippen LogP contribution >= 0.6 is 0 Å². The molecular weight excluding hydrogens is 188 g/mol. The molecule has 0 radical (unpaired) electrons. The van der Waals surface area contributed by atoms with Gasteiger partial charge in [-0.1, -0.05) is 6.07 Å². The molecule has 0 spiro atoms. The fraction of sp³-hybridized carbons (Fsp3) is 0.417. The summed E-state index contributed by atoms with van der Waals surface area (Å²) >= 11 is 0. The molecular formula is C12H18N2O. The summed E-state index contributed by atoms with van der Waals surface area (Å²) < 4.78 is 0. The second-order valence-electron chi connectivity index (χ2n) is 4.03. The third kappa shape index (κ3) is 2.49. The van der Waals surface area contributed by atoms with Crippen molar-refractivity contribution >= 4 is 11.6 Å². The second kappa shape index (κ2) is 4.34. The average Bonchev–Trinajstić information content (AvgIpc) is 2.18. The first-order chi connectivity index (χ1) is 6.93. The molecule has 0 bridgehead atoms. The predicted octanol–water partition coefficient (Wildman–Crippen LogP) is 1.52. The van der Waals surface area contributed by atoms with Gasteiger partial charge in [-0.05, 0) is 36.6 Å². The minimum Gasteiger partial charge on any atom is -0.399 e. The summed E-state index contributed by atoms with van der Waals surface area (Å²) in [6.07, 6.45) is 0.444. The van der Waals surface area contributed by atoms with Crippen LogP contribution in [0.4, 0.5) is 5.69 Å². The number of anilines is 1. The van der Waals surface area contributed by atoms with E-state index in [2.05, 4.69) is 0 Å². The Bertz CT molecular complexity index is 383. The molecule has 82 valence electrons. The number of nitrogens with two attached hydrogens (primary N) is 1. The van der Waals surface area contributed by atoms with E-state index >= 15 is 0 Å². The number of benzene rings is 1. The van der Waals surface area contributed by atoms with Gasteiger partial charge in [-0.25, -0.2) is 0 Å². The van der Waals surface area contributed by atoms with Crippen molar-refractivity contribution < 1.29 is 4.79 Å². The number of rotatable bonds is 2. The number of carbonyl (C=O) groups excluding carboxylic acids is 1. The molecule has 0 heterocycles. The molecule has 0 aliphatic rings. The van der Waals surface area contributed by atoms with E-state index in [1.165, 1.54) is 0 Å². The van der Waals surface area contributed by atoms with Crippen LogP contribution in [0, 0.1) is 13.8 Å². The van der Waals surface area contributed by atoms with E-state index in [0.29, 0.717) is 6.42 Å². The minimum absolute atomic E-state index is 0.113. The molecule has 1 rings (SSSR count). The zero-order valence-electron chi connectivity index (χ0n) is 9.79. The summed E-state index contributed by atoms with van der Waals surface area (Å²) in [6, 6.07) is 3.79. The average molecular weight is 206 g/mol. The van der Waals surface area contributed by atoms with Crippen molar-refractivity contribution in [2.24, 2.45) is 0 Å². The van der Waals surface area contributed by atoms with Crippen LogP contribution in [0.3, 0.4) is 0 Å². The first-order valence-corrected chi connectivity index (χ1v) is 4.98. The van der Waals surface area contributed by atoms with Gasteiger partial charge in [0.15, 0.2) is 0 Å². The lowest BCUT2D eigenvalue weighted by molar-refractivity contribution is -0.127. The maximum absolute atomic E-state index is 11.6. The zero-order chi connectivity index (χ0) is 11.6. The van der Waals surface area contributed by atoms with Gasteiger partial charge in [-0.2, -0.15) is 0 Å². The van der Waals surface area contributed by atoms with Gasteiger partial charge in [0.25, 0.3) is 0 Å². The van der Waals surface area contributed by atoms with Crippen molar-refractivity contribution in [3.05, 3.63) is 28.8 Å². The molecule has 0 unspecified atom stereocenters. The Kier molecular flexibility index (Phi) is 3.35. The number of nitrogen functional groups attached to an aromatic ring is 1. The number of carbonyl (C=O) groups is 1. The molecule has 0 saturated heterocycles. The molecule has 0 aliphatic carbocycles. The lowest BCUT2D eigenvalue weighted by Crippen LogP contribution is -2.23. The van der Waals surface area contributed by atoms with Crippen molar-refractivity contribution in [1.82, 2.24) is 4.90 Å². The Hall–Kier alpha value is -1.51. The summed E-state index contributed by atoms with van der Waals surface area (Å²) in [5.41, 5.74) is 9.81. The molecule has 1 aromatic rings. The van der Waals surface area contributed by atoms with E-state index in [-0.39, 0.29) is 5.91 Å². The van der Waals surface area contributed by atoms with Crippen LogP contribution in [0.25, 0.3) is 0 Å². The first kappa shape index (κ1) is 11.6. The van der Waals surface area contributed by atoms with Crippen LogP contribution in [0.15, 0.2) is 12.1 Å². The van der Waals surface area contributed by atoms with Gasteiger partial charge in [-0.3, -0.25) is 4.79 Å². The van der Waals surface area contributed by atoms with Gasteiger partial charge in [-0.15, -0.1) is 0 Å². The van der Waals surface area contributed by atoms with Crippen LogP contribution in [-0.2, 0) is 11.2 Å². The van der Waals surface area contributed by atoms with Crippen LogP contribution in [-0.4, -0.2) is 24.9 Å². The van der Waals surface area contributed by atoms with Crippen molar-refractivity contribution in [2.75, 3.05) is 19.8 Å². The normalized spacial score (nSPS) is 10.1. The molecule has 0 atom stereocenters. The Morgan fingerprint density at radius 2 is 1.87 bits per heavy atom. The molecule has 0 aliphatic heterocycles. The highest BCUT2D eigenvalue weighted by molar-refractivity contribution is 5.79. The molecule has 3 heteroatoms. The van der Waals surface area contributed by atoms with Crippen LogP contribution in [0.5, 0.6) is 0 Å². The largest absolute Gasteiger partial charge is 0.399 e. The fourth-order valence-corrected chi connectivity index (χ4v) is 1.41. The zero-order valence-corrected chi connectivity index (χ0v) is 9.79. The Morgan fingerprint density at radius 3 is 2.40 bits per heavy atom. The summed E-state index contributed by atoms with van der Waals surface area (Å²) in [6.45, 7) is 3.98. The van der Waals surface area contributed by atoms with Gasteiger partial charge >= 0.3 is 0 Å². The van der Waals surface area contributed by atoms with Crippen molar-refractivity contribution in [3.8, 4) is 0 Å². The monoisotopic (exact) mass is 206 g/mol. The Balaban J connectivity index is 2.97. The maximum Gasteiger partial charge on any atom is 0.226 e. The summed E-state index contributed by atoms with van der Waals surface area (Å²) in [4.78, 5) is 13.2. The van der Waals surface area contributed by atoms with E-state index in [9.17, 15) is 4.79 Å². The SMILES string of the molecule is Cc1c(N)ccc(CC(=O)N(C)C)c1C. The summed E-state index contributed by atoms with van der Waals surface area (Å²) in [5.74, 6) is 0.113. The maximum atomic E-state index is 11.6. The molecule has 15 heavy (non-hydrogen) atoms. The van der Waals surface area contributed by atoms with E-state index in [4.69, 9.17) is 5.73 Å². The predicted molar refractivity (Wildman–Crippen MR) is 62.7 cm³/mol. The van der Waals surface area contributed by atoms with Crippen molar-refractivity contribution in [2.45, 2.75) is 20.3 Å². The molecule has 0 fully saturated rings. The molecule has 3 nitrogen and oxygen atoms in total. The lowest BCUT2D eigenvalue weighted by atomic mass is 9.99. The second-order valence-corrected chi connectivity index (χ2v) is 4.03. The third-order valence-corrected chi connectivity index (χ3v) is 2.78. The van der Waals surface area contributed by atoms with Gasteiger partial charge in [0.1, 0.15) is 0 Å². The van der Waals surface area contributed by atoms with E-state index < -0.39 is 0 Å². The van der Waals surface area contributed by atoms with E-state index in [1.54, 1.807) is 19.0 Å². The van der Waals surface area contributed by atoms with Crippen LogP contribution < -0.4 is 5.73 Å². The highest BCUT2D eigenvalue weighted by Gasteiger charge is 2.09. The first-order valence-electron chi connectivity index (χ1n) is 4.98. The fourth-order valence-electron chi connectivity index (χ4n) is 1.41. The smallest absolute Gasteiger partial charge is 0.226 e. The standard InChI is InChI=1S/C12H18N2O/c1-8-9(2)11(13)6-5-10(8)7-12(15)14(3)4/h5-6H,7,13H2,1-4H3. The Morgan fingerprint density at radius 1 is 1.27 bits per heavy atom. The molecule has 0 saturated carbocycles. The molecule has 1 aromatic carbocycles. The molecule has 0 aromatic heterocycles. The van der Waals surface area contributed by atoms with Crippen molar-refractivity contribution in [3.63, 3.8) is 0 Å². The quantitative estimate of drug-likeness (QED) is 0.746. The number of hydrogen-bond acceptors (Lipinski definition) is 2. The topological polar surface area (TPSA) is 46.3 Å². The van der Waals surface area contributed by atoms with Gasteiger partial charge in [0.2, 0.25) is 5.91 Å². The Labute approximate surface area is 90.9 Å². The number of likely N-dealkylation sites (N-methyl/N-ethyl adjacent to an activating group) is 1. The van der Waals surface area contributed by atoms with Crippen LogP contribution in [0.1, 0.15) is 16.7 Å². The molecule has 2 N–H and O–H groups in total. The summed E-state index contributed by atoms with van der Waals surface area (Å²) in [5, 5.41) is 0. The summed E-state index contributed by atoms with van der Waals surface area (Å²) in [7, 11) is 3.53. The highest BCUT2D eigenvalue weighted by Crippen LogP contribution is 2.20. The highest BCUT2D eigenvalue weighted by atomic mass is 16.2. The van der Waals surface area contributed by atoms with Crippen LogP contribution in [0.2, 0.25) is 0 Å². The number of hydrogen-bond donors (Lipinski definition) is 1. The third-order valence-electron chi connectivity index (χ3n) is 2.78. The number of nitrogens with zero attached hydrogens (tertiary/aromatic N) is 1. The lowest BCUT2D eigenvalue weighted by Gasteiger charge is -2.13. The van der Waals surface area contributed by atoms with Crippen molar-refractivity contribution in [1.29, 1.82) is 0 Å². The van der Waals surface area contributed by atoms with Gasteiger partial charge in [0.05, 0.1) is 6.42 Å².